The molecule has 104 valence electrons. The number of carbonyl (C=O) groups excluding carboxylic acids is 1. The summed E-state index contributed by atoms with van der Waals surface area (Å²) in [4.78, 5) is 30.4. The van der Waals surface area contributed by atoms with Gasteiger partial charge in [0.15, 0.2) is 0 Å². The summed E-state index contributed by atoms with van der Waals surface area (Å²) in [7, 11) is 0. The van der Waals surface area contributed by atoms with Crippen LogP contribution in [0.5, 0.6) is 0 Å². The first-order valence-electron chi connectivity index (χ1n) is 5.75. The van der Waals surface area contributed by atoms with Crippen LogP contribution in [0.4, 0.5) is 0 Å². The highest BCUT2D eigenvalue weighted by atomic mass is 35.5. The average Bonchev–Trinajstić information content (AvgIpc) is 2.27. The molecule has 1 heterocycles. The smallest absolute Gasteiger partial charge is 0.309 e. The predicted molar refractivity (Wildman–Crippen MR) is 70.1 cm³/mol. The lowest BCUT2D eigenvalue weighted by molar-refractivity contribution is -0.147. The van der Waals surface area contributed by atoms with Crippen LogP contribution in [0.15, 0.2) is 6.07 Å². The van der Waals surface area contributed by atoms with E-state index in [9.17, 15) is 9.59 Å². The minimum Gasteiger partial charge on any atom is -0.481 e. The number of amides is 1. The van der Waals surface area contributed by atoms with Crippen molar-refractivity contribution in [3.05, 3.63) is 22.7 Å². The molecule has 1 aromatic heterocycles. The molecule has 19 heavy (non-hydrogen) atoms. The van der Waals surface area contributed by atoms with E-state index in [1.54, 1.807) is 20.8 Å². The monoisotopic (exact) mass is 285 g/mol. The van der Waals surface area contributed by atoms with E-state index in [2.05, 4.69) is 15.3 Å². The third kappa shape index (κ3) is 4.48. The Morgan fingerprint density at radius 3 is 2.58 bits per heavy atom. The van der Waals surface area contributed by atoms with Gasteiger partial charge in [-0.3, -0.25) is 9.59 Å². The zero-order chi connectivity index (χ0) is 14.6. The Balaban J connectivity index is 2.59. The summed E-state index contributed by atoms with van der Waals surface area (Å²) in [5.74, 6) is -1.30. The van der Waals surface area contributed by atoms with Gasteiger partial charge in [0.1, 0.15) is 5.69 Å². The Morgan fingerprint density at radius 1 is 1.42 bits per heavy atom. The molecular formula is C12H16ClN3O3. The Bertz CT molecular complexity index is 483. The summed E-state index contributed by atoms with van der Waals surface area (Å²) in [6.45, 7) is 5.16. The van der Waals surface area contributed by atoms with Crippen molar-refractivity contribution in [2.45, 2.75) is 27.2 Å². The molecule has 0 fully saturated rings. The van der Waals surface area contributed by atoms with E-state index in [1.165, 1.54) is 6.07 Å². The second-order valence-electron chi connectivity index (χ2n) is 4.86. The van der Waals surface area contributed by atoms with Gasteiger partial charge in [0, 0.05) is 12.2 Å². The summed E-state index contributed by atoms with van der Waals surface area (Å²) in [5.41, 5.74) is -0.117. The number of aryl methyl sites for hydroxylation is 1. The van der Waals surface area contributed by atoms with Gasteiger partial charge in [0.2, 0.25) is 5.28 Å². The molecule has 0 saturated carbocycles. The first kappa shape index (κ1) is 15.4. The van der Waals surface area contributed by atoms with Crippen LogP contribution in [0.3, 0.4) is 0 Å². The highest BCUT2D eigenvalue weighted by Crippen LogP contribution is 2.19. The van der Waals surface area contributed by atoms with E-state index >= 15 is 0 Å². The second kappa shape index (κ2) is 5.97. The van der Waals surface area contributed by atoms with Crippen LogP contribution in [0.1, 0.15) is 36.5 Å². The topological polar surface area (TPSA) is 92.2 Å². The molecule has 0 aliphatic rings. The van der Waals surface area contributed by atoms with Crippen molar-refractivity contribution in [2.24, 2.45) is 5.41 Å². The van der Waals surface area contributed by atoms with Crippen LogP contribution in [-0.4, -0.2) is 33.5 Å². The number of carbonyl (C=O) groups is 2. The van der Waals surface area contributed by atoms with Crippen LogP contribution in [-0.2, 0) is 4.79 Å². The molecule has 0 saturated heterocycles. The number of rotatable bonds is 5. The third-order valence-electron chi connectivity index (χ3n) is 2.67. The first-order chi connectivity index (χ1) is 8.72. The fourth-order valence-electron chi connectivity index (χ4n) is 1.33. The summed E-state index contributed by atoms with van der Waals surface area (Å²) in [5, 5.41) is 11.6. The predicted octanol–water partition coefficient (Wildman–Crippen LogP) is 1.67. The van der Waals surface area contributed by atoms with Crippen molar-refractivity contribution in [1.82, 2.24) is 15.3 Å². The van der Waals surface area contributed by atoms with Crippen molar-refractivity contribution in [1.29, 1.82) is 0 Å². The maximum atomic E-state index is 11.8. The van der Waals surface area contributed by atoms with E-state index in [1.807, 2.05) is 0 Å². The lowest BCUT2D eigenvalue weighted by Gasteiger charge is -2.18. The molecule has 1 rings (SSSR count). The van der Waals surface area contributed by atoms with E-state index in [4.69, 9.17) is 16.7 Å². The molecule has 0 aliphatic carbocycles. The van der Waals surface area contributed by atoms with E-state index in [0.29, 0.717) is 12.1 Å². The number of aliphatic carboxylic acids is 1. The standard InChI is InChI=1S/C12H16ClN3O3/c1-7-6-8(16-11(13)15-7)9(17)14-5-4-12(2,3)10(18)19/h6H,4-5H2,1-3H3,(H,14,17)(H,18,19). The maximum absolute atomic E-state index is 11.8. The maximum Gasteiger partial charge on any atom is 0.309 e. The molecule has 1 amide bonds. The van der Waals surface area contributed by atoms with Crippen LogP contribution in [0, 0.1) is 12.3 Å². The number of aromatic nitrogens is 2. The molecular weight excluding hydrogens is 270 g/mol. The zero-order valence-corrected chi connectivity index (χ0v) is 11.8. The SMILES string of the molecule is Cc1cc(C(=O)NCCC(C)(C)C(=O)O)nc(Cl)n1. The lowest BCUT2D eigenvalue weighted by Crippen LogP contribution is -2.32. The van der Waals surface area contributed by atoms with E-state index < -0.39 is 17.3 Å². The molecule has 0 radical (unpaired) electrons. The number of nitrogens with zero attached hydrogens (tertiary/aromatic N) is 2. The third-order valence-corrected chi connectivity index (χ3v) is 2.84. The Labute approximate surface area is 116 Å². The van der Waals surface area contributed by atoms with Crippen LogP contribution < -0.4 is 5.32 Å². The van der Waals surface area contributed by atoms with Crippen molar-refractivity contribution in [2.75, 3.05) is 6.54 Å². The minimum atomic E-state index is -0.900. The van der Waals surface area contributed by atoms with Crippen molar-refractivity contribution in [3.63, 3.8) is 0 Å². The van der Waals surface area contributed by atoms with Gasteiger partial charge in [0.25, 0.3) is 5.91 Å². The molecule has 0 aromatic carbocycles. The van der Waals surface area contributed by atoms with Crippen LogP contribution >= 0.6 is 11.6 Å². The Hall–Kier alpha value is -1.69. The quantitative estimate of drug-likeness (QED) is 0.803. The number of hydrogen-bond acceptors (Lipinski definition) is 4. The van der Waals surface area contributed by atoms with Crippen molar-refractivity contribution in [3.8, 4) is 0 Å². The number of halogens is 1. The van der Waals surface area contributed by atoms with Gasteiger partial charge in [-0.1, -0.05) is 0 Å². The highest BCUT2D eigenvalue weighted by molar-refractivity contribution is 6.28. The fraction of sp³-hybridized carbons (Fsp3) is 0.500. The van der Waals surface area contributed by atoms with Gasteiger partial charge in [0.05, 0.1) is 5.41 Å². The van der Waals surface area contributed by atoms with Crippen LogP contribution in [0.25, 0.3) is 0 Å². The zero-order valence-electron chi connectivity index (χ0n) is 11.0. The Kier molecular flexibility index (Phi) is 4.83. The minimum absolute atomic E-state index is 0.0102. The van der Waals surface area contributed by atoms with E-state index in [-0.39, 0.29) is 17.5 Å². The molecule has 2 N–H and O–H groups in total. The number of carboxylic acid groups (broad SMARTS) is 1. The van der Waals surface area contributed by atoms with Gasteiger partial charge < -0.3 is 10.4 Å². The number of carboxylic acids is 1. The summed E-state index contributed by atoms with van der Waals surface area (Å²) in [6.07, 6.45) is 0.325. The second-order valence-corrected chi connectivity index (χ2v) is 5.20. The molecule has 0 aliphatic heterocycles. The molecule has 0 bridgehead atoms. The van der Waals surface area contributed by atoms with Crippen LogP contribution in [0.2, 0.25) is 5.28 Å². The van der Waals surface area contributed by atoms with Gasteiger partial charge in [-0.25, -0.2) is 9.97 Å². The molecule has 0 unspecified atom stereocenters. The van der Waals surface area contributed by atoms with Crippen molar-refractivity contribution < 1.29 is 14.7 Å². The van der Waals surface area contributed by atoms with Gasteiger partial charge in [-0.2, -0.15) is 0 Å². The molecule has 1 aromatic rings. The fourth-order valence-corrected chi connectivity index (χ4v) is 1.56. The average molecular weight is 286 g/mol. The summed E-state index contributed by atoms with van der Waals surface area (Å²) in [6, 6.07) is 1.52. The van der Waals surface area contributed by atoms with E-state index in [0.717, 1.165) is 0 Å². The molecule has 6 nitrogen and oxygen atoms in total. The molecule has 0 atom stereocenters. The highest BCUT2D eigenvalue weighted by Gasteiger charge is 2.26. The lowest BCUT2D eigenvalue weighted by atomic mass is 9.90. The van der Waals surface area contributed by atoms with Gasteiger partial charge in [-0.15, -0.1) is 0 Å². The first-order valence-corrected chi connectivity index (χ1v) is 6.13. The largest absolute Gasteiger partial charge is 0.481 e. The van der Waals surface area contributed by atoms with Gasteiger partial charge >= 0.3 is 5.97 Å². The van der Waals surface area contributed by atoms with Crippen molar-refractivity contribution >= 4 is 23.5 Å². The molecule has 7 heteroatoms. The normalized spacial score (nSPS) is 11.2. The number of hydrogen-bond donors (Lipinski definition) is 2. The summed E-state index contributed by atoms with van der Waals surface area (Å²) >= 11 is 5.66. The van der Waals surface area contributed by atoms with Gasteiger partial charge in [-0.05, 0) is 44.9 Å². The molecule has 0 spiro atoms. The Morgan fingerprint density at radius 2 is 2.05 bits per heavy atom. The number of nitrogens with one attached hydrogen (secondary N) is 1. The summed E-state index contributed by atoms with van der Waals surface area (Å²) < 4.78 is 0.